The number of ether oxygens (including phenoxy) is 4. The number of benzene rings is 3. The highest BCUT2D eigenvalue weighted by Gasteiger charge is 2.09. The summed E-state index contributed by atoms with van der Waals surface area (Å²) in [5.74, 6) is 1.54. The number of carboxylic acids is 1. The van der Waals surface area contributed by atoms with Crippen molar-refractivity contribution in [1.29, 1.82) is 0 Å². The van der Waals surface area contributed by atoms with E-state index in [9.17, 15) is 19.2 Å². The number of hydrogen-bond donors (Lipinski definition) is 6. The number of unbranched alkanes of at least 4 members (excludes halogenated alkanes) is 2. The highest BCUT2D eigenvalue weighted by Crippen LogP contribution is 2.20. The van der Waals surface area contributed by atoms with Crippen LogP contribution in [0.3, 0.4) is 0 Å². The van der Waals surface area contributed by atoms with Crippen LogP contribution in [0.2, 0.25) is 15.5 Å². The highest BCUT2D eigenvalue weighted by atomic mass is 36.0. The van der Waals surface area contributed by atoms with Gasteiger partial charge in [-0.1, -0.05) is 72.8 Å². The Labute approximate surface area is 522 Å². The molecule has 0 atom stereocenters. The van der Waals surface area contributed by atoms with E-state index in [0.717, 1.165) is 49.8 Å². The van der Waals surface area contributed by atoms with E-state index in [2.05, 4.69) is 64.2 Å². The fourth-order valence-corrected chi connectivity index (χ4v) is 5.85. The number of carbonyl (C=O) groups excluding carboxylic acids is 3. The zero-order valence-electron chi connectivity index (χ0n) is 45.0. The predicted molar refractivity (Wildman–Crippen MR) is 343 cm³/mol. The molecule has 0 spiro atoms. The smallest absolute Gasteiger partial charge is 0.337 e. The number of carbonyl (C=O) groups is 4. The molecule has 82 heavy (non-hydrogen) atoms. The molecule has 0 saturated carbocycles. The van der Waals surface area contributed by atoms with E-state index < -0.39 is 20.4 Å². The molecule has 446 valence electrons. The highest BCUT2D eigenvalue weighted by molar-refractivity contribution is 8.26. The van der Waals surface area contributed by atoms with Crippen molar-refractivity contribution >= 4 is 150 Å². The second kappa shape index (κ2) is 47.4. The lowest BCUT2D eigenvalue weighted by Crippen LogP contribution is -2.12. The molecule has 7 aromatic rings. The Balaban J connectivity index is 0. The second-order valence-corrected chi connectivity index (χ2v) is 19.3. The summed E-state index contributed by atoms with van der Waals surface area (Å²) < 4.78 is 28.9. The molecule has 0 saturated heterocycles. The maximum atomic E-state index is 12.2. The fraction of sp³-hybridized carbons (Fsp3) is 0.222. The topological polar surface area (TPSA) is 282 Å². The van der Waals surface area contributed by atoms with E-state index in [0.29, 0.717) is 55.0 Å². The average molecular weight is 1310 g/mol. The quantitative estimate of drug-likeness (QED) is 0.0214. The van der Waals surface area contributed by atoms with Gasteiger partial charge in [0.1, 0.15) is 38.5 Å². The number of pyridine rings is 4. The van der Waals surface area contributed by atoms with Crippen LogP contribution in [-0.4, -0.2) is 100 Å². The van der Waals surface area contributed by atoms with E-state index >= 15 is 0 Å². The summed E-state index contributed by atoms with van der Waals surface area (Å²) in [5, 5.41) is 17.7. The van der Waals surface area contributed by atoms with Crippen molar-refractivity contribution in [3.8, 4) is 17.2 Å². The Morgan fingerprint density at radius 1 is 0.585 bits per heavy atom. The molecule has 3 aromatic carbocycles. The minimum Gasteiger partial charge on any atom is -0.497 e. The number of hydrogen-bond acceptors (Lipinski definition) is 16. The Morgan fingerprint density at radius 3 is 1.33 bits per heavy atom. The number of nitrogens with zero attached hydrogens (tertiary/aromatic N) is 4. The number of nitrogens with two attached hydrogens (primary N) is 2. The first-order valence-corrected chi connectivity index (χ1v) is 27.8. The number of amides is 2. The molecule has 2 amide bonds. The van der Waals surface area contributed by atoms with Gasteiger partial charge in [-0.15, -0.1) is 0 Å². The average Bonchev–Trinajstić information content (AvgIpc) is 3.45. The Bertz CT molecular complexity index is 2850. The van der Waals surface area contributed by atoms with Crippen molar-refractivity contribution < 1.29 is 47.4 Å². The van der Waals surface area contributed by atoms with Crippen molar-refractivity contribution in [2.75, 3.05) is 69.8 Å². The molecule has 8 N–H and O–H groups in total. The van der Waals surface area contributed by atoms with Crippen LogP contribution >= 0.6 is 94.8 Å². The van der Waals surface area contributed by atoms with Crippen LogP contribution in [0.15, 0.2) is 146 Å². The van der Waals surface area contributed by atoms with E-state index in [1.807, 2.05) is 42.5 Å². The maximum Gasteiger partial charge on any atom is 0.337 e. The van der Waals surface area contributed by atoms with Crippen LogP contribution in [0.25, 0.3) is 0 Å². The van der Waals surface area contributed by atoms with E-state index in [1.54, 1.807) is 89.2 Å². The molecule has 0 bridgehead atoms. The number of carboxylic acid groups (broad SMARTS) is 1. The molecule has 7 rings (SSSR count). The molecule has 0 aliphatic rings. The van der Waals surface area contributed by atoms with Crippen molar-refractivity contribution in [2.24, 2.45) is 5.73 Å². The van der Waals surface area contributed by atoms with Crippen molar-refractivity contribution in [2.45, 2.75) is 32.6 Å². The third-order valence-corrected chi connectivity index (χ3v) is 10.2. The minimum absolute atomic E-state index is 0. The molecule has 0 radical (unpaired) electrons. The molecule has 0 fully saturated rings. The third kappa shape index (κ3) is 37.1. The molecule has 28 heteroatoms. The predicted octanol–water partition coefficient (Wildman–Crippen LogP) is 13.0. The van der Waals surface area contributed by atoms with E-state index in [1.165, 1.54) is 55.7 Å². The molecule has 0 aliphatic carbocycles. The standard InChI is InChI=1S/C18H23N3O2.C13H11ClN2O2.C7H9NO.C6H3Cl2NO.C6H4ClNO2.C4H11NO.Cl2OS.2H2S/c1-3-4-5-11-19-17-10-9-14(13-20-17)18(22)21-15-7-6-8-16(12-15)23-2;1-18-11-4-2-3-10(7-11)16-13(17)9-5-6-12(14)15-8-9;1-9-7-4-2-3-6(8)5-7;7-5-2-1-4(3-9-5)6(8)10;7-5-2-1-4(3-8-5)6(9)10;1-6-4-2-3-5;1-4(2)3;;/h6-10,12-13H,3-5,11H2,1-2H3,(H,19,20)(H,21,22);2-8H,1H3,(H,16,17);2-5H,8H2,1H3;1-3H;1-3H,(H,9,10);2-5H2,1H3;;2*1H2. The summed E-state index contributed by atoms with van der Waals surface area (Å²) in [6, 6.07) is 34.3. The third-order valence-electron chi connectivity index (χ3n) is 9.33. The summed E-state index contributed by atoms with van der Waals surface area (Å²) in [6.07, 6.45) is 10.0. The number of nitrogens with one attached hydrogen (secondary N) is 3. The van der Waals surface area contributed by atoms with Crippen LogP contribution in [0.5, 0.6) is 17.2 Å². The Morgan fingerprint density at radius 2 is 1.00 bits per heavy atom. The van der Waals surface area contributed by atoms with Gasteiger partial charge in [0, 0.05) is 102 Å². The molecular formula is C54H65Cl6N9O10S3. The van der Waals surface area contributed by atoms with Gasteiger partial charge in [0.2, 0.25) is 9.23 Å². The molecule has 4 aromatic heterocycles. The fourth-order valence-electron chi connectivity index (χ4n) is 5.41. The van der Waals surface area contributed by atoms with E-state index in [4.69, 9.17) is 86.1 Å². The summed E-state index contributed by atoms with van der Waals surface area (Å²) >= 11 is 21.7. The SMILES string of the molecule is CCCCCNc1ccc(C(=O)Nc2cccc(OC)c2)cn1.COCCCN.COc1cccc(N)c1.COc1cccc(NC(=O)c2ccc(Cl)nc2)c1.O=C(Cl)c1ccc(Cl)nc1.O=C(O)c1ccc(Cl)nc1.O=S(Cl)Cl.S.S. The Hall–Kier alpha value is -6.15. The van der Waals surface area contributed by atoms with Crippen LogP contribution in [0, 0.1) is 0 Å². The minimum atomic E-state index is -1.67. The van der Waals surface area contributed by atoms with Crippen LogP contribution in [0.1, 0.15) is 74.0 Å². The van der Waals surface area contributed by atoms with Gasteiger partial charge < -0.3 is 51.5 Å². The number of rotatable bonds is 17. The molecule has 4 heterocycles. The number of halogens is 6. The van der Waals surface area contributed by atoms with Crippen LogP contribution in [0.4, 0.5) is 22.9 Å². The lowest BCUT2D eigenvalue weighted by Gasteiger charge is -2.08. The number of nitrogen functional groups attached to an aromatic ring is 1. The van der Waals surface area contributed by atoms with Gasteiger partial charge >= 0.3 is 5.97 Å². The summed E-state index contributed by atoms with van der Waals surface area (Å²) in [5.41, 5.74) is 14.1. The zero-order chi connectivity index (χ0) is 59.7. The van der Waals surface area contributed by atoms with Crippen molar-refractivity contribution in [1.82, 2.24) is 19.9 Å². The van der Waals surface area contributed by atoms with Gasteiger partial charge in [-0.25, -0.2) is 28.9 Å². The van der Waals surface area contributed by atoms with Gasteiger partial charge in [-0.2, -0.15) is 27.0 Å². The van der Waals surface area contributed by atoms with Gasteiger partial charge in [0.25, 0.3) is 17.1 Å². The Kier molecular flexibility index (Phi) is 45.0. The van der Waals surface area contributed by atoms with Gasteiger partial charge in [0.05, 0.1) is 43.6 Å². The summed E-state index contributed by atoms with van der Waals surface area (Å²) in [6.45, 7) is 4.59. The lowest BCUT2D eigenvalue weighted by molar-refractivity contribution is 0.0695. The van der Waals surface area contributed by atoms with Gasteiger partial charge in [0.15, 0.2) is 0 Å². The molecule has 19 nitrogen and oxygen atoms in total. The molecule has 0 aliphatic heterocycles. The van der Waals surface area contributed by atoms with Gasteiger partial charge in [-0.3, -0.25) is 14.4 Å². The number of methoxy groups -OCH3 is 4. The largest absolute Gasteiger partial charge is 0.497 e. The van der Waals surface area contributed by atoms with Gasteiger partial charge in [-0.05, 0) is 116 Å². The zero-order valence-corrected chi connectivity index (χ0v) is 52.4. The first-order chi connectivity index (χ1) is 38.3. The second-order valence-electron chi connectivity index (χ2n) is 15.2. The summed E-state index contributed by atoms with van der Waals surface area (Å²) in [7, 11) is 13.8. The maximum absolute atomic E-state index is 12.2. The van der Waals surface area contributed by atoms with E-state index in [-0.39, 0.29) is 44.4 Å². The van der Waals surface area contributed by atoms with Crippen LogP contribution < -0.4 is 41.6 Å². The molecule has 0 unspecified atom stereocenters. The first-order valence-electron chi connectivity index (χ1n) is 23.5. The number of aromatic nitrogens is 4. The lowest BCUT2D eigenvalue weighted by atomic mass is 10.2. The molecular weight excluding hydrogens is 1240 g/mol. The number of aromatic carboxylic acids is 1. The number of anilines is 4. The normalized spacial score (nSPS) is 9.38. The monoisotopic (exact) mass is 1310 g/mol. The summed E-state index contributed by atoms with van der Waals surface area (Å²) in [4.78, 5) is 60.1. The van der Waals surface area contributed by atoms with Crippen molar-refractivity contribution in [3.05, 3.63) is 184 Å². The first kappa shape index (κ1) is 77.9. The van der Waals surface area contributed by atoms with Crippen molar-refractivity contribution in [3.63, 3.8) is 0 Å². The van der Waals surface area contributed by atoms with Crippen LogP contribution in [-0.2, 0) is 14.0 Å².